The molecule has 0 radical (unpaired) electrons. The monoisotopic (exact) mass is 233 g/mol. The van der Waals surface area contributed by atoms with Crippen molar-refractivity contribution in [2.45, 2.75) is 39.5 Å². The number of hydrogen-bond acceptors (Lipinski definition) is 4. The fourth-order valence-electron chi connectivity index (χ4n) is 2.07. The summed E-state index contributed by atoms with van der Waals surface area (Å²) in [6.45, 7) is 4.73. The van der Waals surface area contributed by atoms with E-state index in [1.54, 1.807) is 0 Å². The summed E-state index contributed by atoms with van der Waals surface area (Å²) in [6.07, 6.45) is 4.26. The van der Waals surface area contributed by atoms with Gasteiger partial charge < -0.3 is 5.73 Å². The van der Waals surface area contributed by atoms with E-state index >= 15 is 0 Å². The SMILES string of the molecule is Cc1cc2nnc(CCCCCN)n2c(C)n1. The Morgan fingerprint density at radius 3 is 2.76 bits per heavy atom. The van der Waals surface area contributed by atoms with Crippen molar-refractivity contribution in [3.05, 3.63) is 23.4 Å². The number of nitrogens with zero attached hydrogens (tertiary/aromatic N) is 4. The molecule has 0 amide bonds. The lowest BCUT2D eigenvalue weighted by atomic mass is 10.2. The van der Waals surface area contributed by atoms with Crippen molar-refractivity contribution in [2.24, 2.45) is 5.73 Å². The van der Waals surface area contributed by atoms with Crippen molar-refractivity contribution < 1.29 is 0 Å². The number of rotatable bonds is 5. The molecule has 0 aromatic carbocycles. The second-order valence-corrected chi connectivity index (χ2v) is 4.35. The number of hydrogen-bond donors (Lipinski definition) is 1. The second kappa shape index (κ2) is 5.23. The Morgan fingerprint density at radius 2 is 2.00 bits per heavy atom. The molecule has 0 aliphatic carbocycles. The zero-order chi connectivity index (χ0) is 12.3. The van der Waals surface area contributed by atoms with Gasteiger partial charge in [0.05, 0.1) is 0 Å². The highest BCUT2D eigenvalue weighted by Crippen LogP contribution is 2.10. The molecule has 0 saturated heterocycles. The highest BCUT2D eigenvalue weighted by molar-refractivity contribution is 5.39. The lowest BCUT2D eigenvalue weighted by Crippen LogP contribution is -2.03. The van der Waals surface area contributed by atoms with Crippen LogP contribution in [0.1, 0.15) is 36.6 Å². The van der Waals surface area contributed by atoms with Gasteiger partial charge in [0.25, 0.3) is 0 Å². The van der Waals surface area contributed by atoms with E-state index < -0.39 is 0 Å². The summed E-state index contributed by atoms with van der Waals surface area (Å²) in [6, 6.07) is 1.96. The van der Waals surface area contributed by atoms with Crippen LogP contribution in [0.5, 0.6) is 0 Å². The first-order valence-electron chi connectivity index (χ1n) is 6.10. The Hall–Kier alpha value is -1.49. The molecule has 0 spiro atoms. The van der Waals surface area contributed by atoms with E-state index in [4.69, 9.17) is 5.73 Å². The number of nitrogens with two attached hydrogens (primary N) is 1. The Labute approximate surface area is 101 Å². The predicted molar refractivity (Wildman–Crippen MR) is 66.9 cm³/mol. The molecule has 0 aliphatic rings. The Bertz CT molecular complexity index is 503. The fraction of sp³-hybridized carbons (Fsp3) is 0.583. The first-order chi connectivity index (χ1) is 8.22. The number of aromatic nitrogens is 4. The van der Waals surface area contributed by atoms with Crippen LogP contribution in [0, 0.1) is 13.8 Å². The predicted octanol–water partition coefficient (Wildman–Crippen LogP) is 1.41. The van der Waals surface area contributed by atoms with Crippen molar-refractivity contribution in [2.75, 3.05) is 6.54 Å². The summed E-state index contributed by atoms with van der Waals surface area (Å²) in [5, 5.41) is 8.42. The van der Waals surface area contributed by atoms with E-state index in [1.807, 2.05) is 24.3 Å². The van der Waals surface area contributed by atoms with Gasteiger partial charge in [-0.25, -0.2) is 4.98 Å². The van der Waals surface area contributed by atoms with E-state index in [9.17, 15) is 0 Å². The van der Waals surface area contributed by atoms with Gasteiger partial charge in [0.1, 0.15) is 11.6 Å². The first kappa shape index (κ1) is 12.0. The maximum atomic E-state index is 5.48. The number of unbranched alkanes of at least 4 members (excludes halogenated alkanes) is 2. The number of aryl methyl sites for hydroxylation is 3. The van der Waals surface area contributed by atoms with Gasteiger partial charge in [0.15, 0.2) is 5.65 Å². The van der Waals surface area contributed by atoms with Crippen molar-refractivity contribution in [3.63, 3.8) is 0 Å². The van der Waals surface area contributed by atoms with Crippen molar-refractivity contribution in [3.8, 4) is 0 Å². The molecule has 0 atom stereocenters. The summed E-state index contributed by atoms with van der Waals surface area (Å²) in [7, 11) is 0. The normalized spacial score (nSPS) is 11.2. The molecule has 2 rings (SSSR count). The smallest absolute Gasteiger partial charge is 0.164 e. The maximum absolute atomic E-state index is 5.48. The lowest BCUT2D eigenvalue weighted by Gasteiger charge is -2.03. The van der Waals surface area contributed by atoms with Crippen LogP contribution in [0.3, 0.4) is 0 Å². The molecule has 0 aliphatic heterocycles. The van der Waals surface area contributed by atoms with Crippen LogP contribution in [0.2, 0.25) is 0 Å². The molecule has 0 fully saturated rings. The van der Waals surface area contributed by atoms with E-state index in [0.717, 1.165) is 55.2 Å². The van der Waals surface area contributed by atoms with Crippen molar-refractivity contribution in [1.82, 2.24) is 19.6 Å². The Balaban J connectivity index is 2.18. The Morgan fingerprint density at radius 1 is 1.18 bits per heavy atom. The fourth-order valence-corrected chi connectivity index (χ4v) is 2.07. The highest BCUT2D eigenvalue weighted by Gasteiger charge is 2.08. The van der Waals surface area contributed by atoms with Gasteiger partial charge in [-0.3, -0.25) is 4.40 Å². The molecule has 2 N–H and O–H groups in total. The molecule has 0 saturated carbocycles. The third kappa shape index (κ3) is 2.61. The standard InChI is InChI=1S/C12H19N5/c1-9-8-12-16-15-11(6-4-3-5-7-13)17(12)10(2)14-9/h8H,3-7,13H2,1-2H3. The largest absolute Gasteiger partial charge is 0.330 e. The highest BCUT2D eigenvalue weighted by atomic mass is 15.3. The minimum absolute atomic E-state index is 0.764. The summed E-state index contributed by atoms with van der Waals surface area (Å²) in [5.74, 6) is 1.96. The third-order valence-electron chi connectivity index (χ3n) is 2.86. The molecule has 2 aromatic heterocycles. The molecule has 2 aromatic rings. The van der Waals surface area contributed by atoms with Crippen LogP contribution in [0.25, 0.3) is 5.65 Å². The van der Waals surface area contributed by atoms with E-state index in [1.165, 1.54) is 0 Å². The van der Waals surface area contributed by atoms with Crippen LogP contribution in [-0.2, 0) is 6.42 Å². The van der Waals surface area contributed by atoms with Crippen molar-refractivity contribution in [1.29, 1.82) is 0 Å². The van der Waals surface area contributed by atoms with Crippen LogP contribution >= 0.6 is 0 Å². The minimum atomic E-state index is 0.764. The van der Waals surface area contributed by atoms with E-state index in [-0.39, 0.29) is 0 Å². The average molecular weight is 233 g/mol. The molecular weight excluding hydrogens is 214 g/mol. The molecule has 92 valence electrons. The molecule has 5 heteroatoms. The topological polar surface area (TPSA) is 69.1 Å². The van der Waals surface area contributed by atoms with Gasteiger partial charge in [0, 0.05) is 18.2 Å². The quantitative estimate of drug-likeness (QED) is 0.793. The van der Waals surface area contributed by atoms with Crippen molar-refractivity contribution >= 4 is 5.65 Å². The zero-order valence-electron chi connectivity index (χ0n) is 10.5. The second-order valence-electron chi connectivity index (χ2n) is 4.35. The average Bonchev–Trinajstić information content (AvgIpc) is 2.68. The number of fused-ring (bicyclic) bond motifs is 1. The van der Waals surface area contributed by atoms with Crippen LogP contribution in [0.15, 0.2) is 6.07 Å². The molecule has 0 bridgehead atoms. The molecule has 5 nitrogen and oxygen atoms in total. The summed E-state index contributed by atoms with van der Waals surface area (Å²) in [4.78, 5) is 4.44. The van der Waals surface area contributed by atoms with Crippen LogP contribution in [0.4, 0.5) is 0 Å². The zero-order valence-corrected chi connectivity index (χ0v) is 10.5. The van der Waals surface area contributed by atoms with Gasteiger partial charge in [0.2, 0.25) is 0 Å². The first-order valence-corrected chi connectivity index (χ1v) is 6.10. The van der Waals surface area contributed by atoms with E-state index in [0.29, 0.717) is 0 Å². The van der Waals surface area contributed by atoms with Gasteiger partial charge in [-0.15, -0.1) is 10.2 Å². The molecular formula is C12H19N5. The van der Waals surface area contributed by atoms with Crippen LogP contribution < -0.4 is 5.73 Å². The molecule has 0 unspecified atom stereocenters. The van der Waals surface area contributed by atoms with Gasteiger partial charge >= 0.3 is 0 Å². The molecule has 17 heavy (non-hydrogen) atoms. The maximum Gasteiger partial charge on any atom is 0.164 e. The summed E-state index contributed by atoms with van der Waals surface area (Å²) >= 11 is 0. The third-order valence-corrected chi connectivity index (χ3v) is 2.86. The van der Waals surface area contributed by atoms with Gasteiger partial charge in [-0.05, 0) is 33.2 Å². The van der Waals surface area contributed by atoms with Crippen LogP contribution in [-0.4, -0.2) is 26.1 Å². The summed E-state index contributed by atoms with van der Waals surface area (Å²) in [5.41, 5.74) is 7.35. The summed E-state index contributed by atoms with van der Waals surface area (Å²) < 4.78 is 2.04. The van der Waals surface area contributed by atoms with Gasteiger partial charge in [-0.2, -0.15) is 0 Å². The Kier molecular flexibility index (Phi) is 3.68. The lowest BCUT2D eigenvalue weighted by molar-refractivity contribution is 0.662. The minimum Gasteiger partial charge on any atom is -0.330 e. The van der Waals surface area contributed by atoms with Gasteiger partial charge in [-0.1, -0.05) is 6.42 Å². The molecule has 2 heterocycles. The van der Waals surface area contributed by atoms with E-state index in [2.05, 4.69) is 15.2 Å².